The van der Waals surface area contributed by atoms with Gasteiger partial charge < -0.3 is 15.0 Å². The molecule has 5 nitrogen and oxygen atoms in total. The van der Waals surface area contributed by atoms with Crippen LogP contribution >= 0.6 is 11.3 Å². The van der Waals surface area contributed by atoms with Crippen LogP contribution in [0.3, 0.4) is 0 Å². The third kappa shape index (κ3) is 3.97. The standard InChI is InChI=1S/C22H25N3O2S/c1-15(16-7-9-18(27-2)10-8-16)23-21(26)17-11-13-25(14-12-17)22-24-19-5-3-4-6-20(19)28-22/h3-10,15,17H,11-14H2,1-2H3,(H,23,26)/t15-/m0/s1. The first-order chi connectivity index (χ1) is 13.6. The van der Waals surface area contributed by atoms with E-state index in [0.717, 1.165) is 47.9 Å². The van der Waals surface area contributed by atoms with Gasteiger partial charge in [0.2, 0.25) is 5.91 Å². The summed E-state index contributed by atoms with van der Waals surface area (Å²) in [4.78, 5) is 19.8. The Morgan fingerprint density at radius 1 is 1.18 bits per heavy atom. The Labute approximate surface area is 169 Å². The van der Waals surface area contributed by atoms with Gasteiger partial charge in [0.15, 0.2) is 5.13 Å². The Hall–Kier alpha value is -2.60. The smallest absolute Gasteiger partial charge is 0.223 e. The lowest BCUT2D eigenvalue weighted by Crippen LogP contribution is -2.41. The lowest BCUT2D eigenvalue weighted by molar-refractivity contribution is -0.126. The molecular formula is C22H25N3O2S. The van der Waals surface area contributed by atoms with Crippen molar-refractivity contribution in [1.82, 2.24) is 10.3 Å². The minimum absolute atomic E-state index is 0.0132. The molecule has 3 aromatic rings. The molecule has 146 valence electrons. The van der Waals surface area contributed by atoms with Gasteiger partial charge >= 0.3 is 0 Å². The Bertz CT molecular complexity index is 913. The van der Waals surface area contributed by atoms with Crippen LogP contribution in [0.1, 0.15) is 31.4 Å². The summed E-state index contributed by atoms with van der Waals surface area (Å²) in [5, 5.41) is 4.23. The number of thiazole rings is 1. The van der Waals surface area contributed by atoms with Crippen LogP contribution in [-0.2, 0) is 4.79 Å². The van der Waals surface area contributed by atoms with E-state index < -0.39 is 0 Å². The van der Waals surface area contributed by atoms with Crippen molar-refractivity contribution in [2.75, 3.05) is 25.1 Å². The number of fused-ring (bicyclic) bond motifs is 1. The maximum Gasteiger partial charge on any atom is 0.223 e. The summed E-state index contributed by atoms with van der Waals surface area (Å²) >= 11 is 1.73. The van der Waals surface area contributed by atoms with E-state index in [-0.39, 0.29) is 17.9 Å². The first-order valence-electron chi connectivity index (χ1n) is 9.69. The van der Waals surface area contributed by atoms with Crippen LogP contribution in [0, 0.1) is 5.92 Å². The summed E-state index contributed by atoms with van der Waals surface area (Å²) in [7, 11) is 1.65. The maximum atomic E-state index is 12.7. The van der Waals surface area contributed by atoms with E-state index in [4.69, 9.17) is 9.72 Å². The van der Waals surface area contributed by atoms with Crippen LogP contribution in [0.25, 0.3) is 10.2 Å². The number of nitrogens with zero attached hydrogens (tertiary/aromatic N) is 2. The predicted octanol–water partition coefficient (Wildman–Crippen LogP) is 4.40. The van der Waals surface area contributed by atoms with Gasteiger partial charge in [-0.1, -0.05) is 35.6 Å². The normalized spacial score (nSPS) is 16.1. The molecule has 2 heterocycles. The number of hydrogen-bond donors (Lipinski definition) is 1. The van der Waals surface area contributed by atoms with Gasteiger partial charge in [0.05, 0.1) is 23.4 Å². The van der Waals surface area contributed by atoms with Crippen molar-refractivity contribution in [2.24, 2.45) is 5.92 Å². The number of carbonyl (C=O) groups excluding carboxylic acids is 1. The van der Waals surface area contributed by atoms with Crippen LogP contribution in [0.15, 0.2) is 48.5 Å². The number of benzene rings is 2. The molecule has 0 spiro atoms. The van der Waals surface area contributed by atoms with E-state index in [2.05, 4.69) is 22.3 Å². The van der Waals surface area contributed by atoms with Crippen LogP contribution < -0.4 is 15.0 Å². The van der Waals surface area contributed by atoms with Crippen molar-refractivity contribution in [1.29, 1.82) is 0 Å². The second-order valence-electron chi connectivity index (χ2n) is 7.23. The quantitative estimate of drug-likeness (QED) is 0.696. The van der Waals surface area contributed by atoms with Gasteiger partial charge in [-0.05, 0) is 49.6 Å². The highest BCUT2D eigenvalue weighted by atomic mass is 32.1. The molecule has 2 aromatic carbocycles. The molecule has 0 radical (unpaired) electrons. The zero-order valence-electron chi connectivity index (χ0n) is 16.2. The number of anilines is 1. The highest BCUT2D eigenvalue weighted by molar-refractivity contribution is 7.22. The Kier molecular flexibility index (Phi) is 5.48. The molecule has 1 aromatic heterocycles. The Balaban J connectivity index is 1.33. The molecule has 0 unspecified atom stereocenters. The molecule has 1 saturated heterocycles. The van der Waals surface area contributed by atoms with Crippen molar-refractivity contribution < 1.29 is 9.53 Å². The number of aromatic nitrogens is 1. The predicted molar refractivity (Wildman–Crippen MR) is 114 cm³/mol. The minimum Gasteiger partial charge on any atom is -0.497 e. The van der Waals surface area contributed by atoms with E-state index in [9.17, 15) is 4.79 Å². The first-order valence-corrected chi connectivity index (χ1v) is 10.5. The molecule has 0 saturated carbocycles. The number of rotatable bonds is 5. The van der Waals surface area contributed by atoms with E-state index in [1.165, 1.54) is 4.70 Å². The van der Waals surface area contributed by atoms with Gasteiger partial charge in [-0.15, -0.1) is 0 Å². The van der Waals surface area contributed by atoms with E-state index >= 15 is 0 Å². The molecule has 0 bridgehead atoms. The molecule has 28 heavy (non-hydrogen) atoms. The fourth-order valence-corrected chi connectivity index (χ4v) is 4.65. The summed E-state index contributed by atoms with van der Waals surface area (Å²) in [5.41, 5.74) is 2.14. The molecule has 1 amide bonds. The van der Waals surface area contributed by atoms with E-state index in [1.54, 1.807) is 18.4 Å². The molecule has 1 fully saturated rings. The van der Waals surface area contributed by atoms with Gasteiger partial charge in [-0.3, -0.25) is 4.79 Å². The number of nitrogens with one attached hydrogen (secondary N) is 1. The van der Waals surface area contributed by atoms with Crippen LogP contribution in [0.5, 0.6) is 5.75 Å². The number of piperidine rings is 1. The number of amides is 1. The number of carbonyl (C=O) groups is 1. The Morgan fingerprint density at radius 2 is 1.89 bits per heavy atom. The van der Waals surface area contributed by atoms with Gasteiger partial charge in [-0.2, -0.15) is 0 Å². The molecule has 0 aliphatic carbocycles. The molecule has 1 atom stereocenters. The largest absolute Gasteiger partial charge is 0.497 e. The van der Waals surface area contributed by atoms with Crippen LogP contribution in [0.4, 0.5) is 5.13 Å². The molecule has 1 N–H and O–H groups in total. The molecule has 1 aliphatic rings. The molecule has 1 aliphatic heterocycles. The second-order valence-corrected chi connectivity index (χ2v) is 8.24. The van der Waals surface area contributed by atoms with Crippen molar-refractivity contribution in [3.63, 3.8) is 0 Å². The average Bonchev–Trinajstić information content (AvgIpc) is 3.18. The van der Waals surface area contributed by atoms with Gasteiger partial charge in [-0.25, -0.2) is 4.98 Å². The summed E-state index contributed by atoms with van der Waals surface area (Å²) < 4.78 is 6.41. The number of hydrogen-bond acceptors (Lipinski definition) is 5. The van der Waals surface area contributed by atoms with Crippen molar-refractivity contribution in [3.8, 4) is 5.75 Å². The molecule has 6 heteroatoms. The van der Waals surface area contributed by atoms with E-state index in [1.807, 2.05) is 43.3 Å². The summed E-state index contributed by atoms with van der Waals surface area (Å²) in [5.74, 6) is 1.03. The summed E-state index contributed by atoms with van der Waals surface area (Å²) in [6, 6.07) is 16.1. The van der Waals surface area contributed by atoms with Gasteiger partial charge in [0, 0.05) is 19.0 Å². The second kappa shape index (κ2) is 8.19. The Morgan fingerprint density at radius 3 is 2.57 bits per heavy atom. The van der Waals surface area contributed by atoms with E-state index in [0.29, 0.717) is 0 Å². The topological polar surface area (TPSA) is 54.5 Å². The average molecular weight is 396 g/mol. The van der Waals surface area contributed by atoms with Crippen LogP contribution in [-0.4, -0.2) is 31.1 Å². The fraction of sp³-hybridized carbons (Fsp3) is 0.364. The van der Waals surface area contributed by atoms with Crippen molar-refractivity contribution in [2.45, 2.75) is 25.8 Å². The van der Waals surface area contributed by atoms with Crippen molar-refractivity contribution >= 4 is 32.6 Å². The highest BCUT2D eigenvalue weighted by Gasteiger charge is 2.27. The zero-order chi connectivity index (χ0) is 19.5. The SMILES string of the molecule is COc1ccc([C@H](C)NC(=O)C2CCN(c3nc4ccccc4s3)CC2)cc1. The number of ether oxygens (including phenoxy) is 1. The maximum absolute atomic E-state index is 12.7. The third-order valence-corrected chi connectivity index (χ3v) is 6.49. The van der Waals surface area contributed by atoms with Gasteiger partial charge in [0.25, 0.3) is 0 Å². The first kappa shape index (κ1) is 18.7. The summed E-state index contributed by atoms with van der Waals surface area (Å²) in [6.45, 7) is 3.76. The number of para-hydroxylation sites is 1. The van der Waals surface area contributed by atoms with Gasteiger partial charge in [0.1, 0.15) is 5.75 Å². The lowest BCUT2D eigenvalue weighted by atomic mass is 9.95. The number of methoxy groups -OCH3 is 1. The third-order valence-electron chi connectivity index (χ3n) is 5.39. The molecule has 4 rings (SSSR count). The lowest BCUT2D eigenvalue weighted by Gasteiger charge is -2.31. The minimum atomic E-state index is -0.0132. The summed E-state index contributed by atoms with van der Waals surface area (Å²) in [6.07, 6.45) is 1.72. The molecular weight excluding hydrogens is 370 g/mol. The van der Waals surface area contributed by atoms with Crippen LogP contribution in [0.2, 0.25) is 0 Å². The zero-order valence-corrected chi connectivity index (χ0v) is 17.0. The fourth-order valence-electron chi connectivity index (χ4n) is 3.64. The van der Waals surface area contributed by atoms with Crippen molar-refractivity contribution in [3.05, 3.63) is 54.1 Å². The highest BCUT2D eigenvalue weighted by Crippen LogP contribution is 2.31. The monoisotopic (exact) mass is 395 g/mol.